The van der Waals surface area contributed by atoms with Gasteiger partial charge in [0.2, 0.25) is 5.91 Å². The topological polar surface area (TPSA) is 58.2 Å². The van der Waals surface area contributed by atoms with Crippen molar-refractivity contribution in [2.75, 3.05) is 5.32 Å². The van der Waals surface area contributed by atoms with Gasteiger partial charge in [0.15, 0.2) is 0 Å². The predicted octanol–water partition coefficient (Wildman–Crippen LogP) is 4.59. The molecule has 1 aromatic carbocycles. The van der Waals surface area contributed by atoms with Gasteiger partial charge >= 0.3 is 0 Å². The van der Waals surface area contributed by atoms with Crippen molar-refractivity contribution < 1.29 is 9.59 Å². The van der Waals surface area contributed by atoms with Crippen molar-refractivity contribution in [1.82, 2.24) is 5.32 Å². The van der Waals surface area contributed by atoms with Crippen molar-refractivity contribution in [3.05, 3.63) is 51.9 Å². The van der Waals surface area contributed by atoms with Gasteiger partial charge in [0.1, 0.15) is 0 Å². The molecule has 2 aromatic rings. The molecule has 1 fully saturated rings. The van der Waals surface area contributed by atoms with E-state index < -0.39 is 0 Å². The van der Waals surface area contributed by atoms with Crippen molar-refractivity contribution in [2.24, 2.45) is 5.92 Å². The third kappa shape index (κ3) is 4.28. The largest absolute Gasteiger partial charge is 0.345 e. The SMILES string of the molecule is CC[C@@H](NC(=O)c1sc(NC(=O)C2CC2)cc1C)c1ccc(C)cc1. The number of carbonyl (C=O) groups is 2. The van der Waals surface area contributed by atoms with Crippen LogP contribution in [0.25, 0.3) is 0 Å². The Bertz CT molecular complexity index is 775. The maximum Gasteiger partial charge on any atom is 0.262 e. The number of thiophene rings is 1. The van der Waals surface area contributed by atoms with E-state index in [0.717, 1.165) is 35.4 Å². The number of carbonyl (C=O) groups excluding carboxylic acids is 2. The molecule has 1 aliphatic rings. The summed E-state index contributed by atoms with van der Waals surface area (Å²) in [5, 5.41) is 6.80. The molecule has 25 heavy (non-hydrogen) atoms. The molecule has 4 nitrogen and oxygen atoms in total. The summed E-state index contributed by atoms with van der Waals surface area (Å²) in [6, 6.07) is 10.1. The molecule has 1 aromatic heterocycles. The Morgan fingerprint density at radius 3 is 2.48 bits per heavy atom. The van der Waals surface area contributed by atoms with Gasteiger partial charge in [-0.05, 0) is 50.3 Å². The Kier molecular flexibility index (Phi) is 5.23. The second-order valence-electron chi connectivity index (χ2n) is 6.73. The highest BCUT2D eigenvalue weighted by molar-refractivity contribution is 7.18. The van der Waals surface area contributed by atoms with Crippen LogP contribution in [0.3, 0.4) is 0 Å². The highest BCUT2D eigenvalue weighted by atomic mass is 32.1. The maximum absolute atomic E-state index is 12.7. The fourth-order valence-electron chi connectivity index (χ4n) is 2.78. The molecule has 1 saturated carbocycles. The van der Waals surface area contributed by atoms with E-state index in [1.807, 2.05) is 13.0 Å². The van der Waals surface area contributed by atoms with E-state index in [-0.39, 0.29) is 23.8 Å². The molecule has 0 radical (unpaired) electrons. The van der Waals surface area contributed by atoms with Gasteiger partial charge in [-0.1, -0.05) is 36.8 Å². The van der Waals surface area contributed by atoms with Crippen LogP contribution in [0.1, 0.15) is 58.6 Å². The van der Waals surface area contributed by atoms with Crippen LogP contribution in [-0.2, 0) is 4.79 Å². The van der Waals surface area contributed by atoms with Crippen molar-refractivity contribution in [3.8, 4) is 0 Å². The van der Waals surface area contributed by atoms with Crippen LogP contribution < -0.4 is 10.6 Å². The average Bonchev–Trinajstić information content (AvgIpc) is 3.37. The zero-order valence-corrected chi connectivity index (χ0v) is 15.7. The first-order valence-corrected chi connectivity index (χ1v) is 9.58. The molecular weight excluding hydrogens is 332 g/mol. The number of benzene rings is 1. The van der Waals surface area contributed by atoms with E-state index in [4.69, 9.17) is 0 Å². The second-order valence-corrected chi connectivity index (χ2v) is 7.78. The number of aryl methyl sites for hydroxylation is 2. The number of hydrogen-bond acceptors (Lipinski definition) is 3. The molecule has 5 heteroatoms. The summed E-state index contributed by atoms with van der Waals surface area (Å²) >= 11 is 1.35. The summed E-state index contributed by atoms with van der Waals surface area (Å²) in [6.07, 6.45) is 2.76. The summed E-state index contributed by atoms with van der Waals surface area (Å²) in [4.78, 5) is 25.3. The minimum absolute atomic E-state index is 0.0147. The fourth-order valence-corrected chi connectivity index (χ4v) is 3.76. The smallest absolute Gasteiger partial charge is 0.262 e. The molecule has 2 N–H and O–H groups in total. The normalized spacial score (nSPS) is 14.8. The predicted molar refractivity (Wildman–Crippen MR) is 102 cm³/mol. The molecule has 0 saturated heterocycles. The molecular formula is C20H24N2O2S. The van der Waals surface area contributed by atoms with Crippen molar-refractivity contribution >= 4 is 28.2 Å². The van der Waals surface area contributed by atoms with Crippen molar-refractivity contribution in [2.45, 2.75) is 46.1 Å². The van der Waals surface area contributed by atoms with Gasteiger partial charge in [-0.2, -0.15) is 0 Å². The lowest BCUT2D eigenvalue weighted by Crippen LogP contribution is -2.27. The number of anilines is 1. The van der Waals surface area contributed by atoms with E-state index in [9.17, 15) is 9.59 Å². The van der Waals surface area contributed by atoms with Gasteiger partial charge in [-0.3, -0.25) is 9.59 Å². The lowest BCUT2D eigenvalue weighted by Gasteiger charge is -2.17. The zero-order valence-electron chi connectivity index (χ0n) is 14.9. The van der Waals surface area contributed by atoms with Crippen LogP contribution in [0.2, 0.25) is 0 Å². The van der Waals surface area contributed by atoms with E-state index in [1.165, 1.54) is 16.9 Å². The van der Waals surface area contributed by atoms with Crippen LogP contribution in [0.15, 0.2) is 30.3 Å². The number of amides is 2. The molecule has 0 spiro atoms. The Morgan fingerprint density at radius 2 is 1.88 bits per heavy atom. The van der Waals surface area contributed by atoms with Crippen LogP contribution in [-0.4, -0.2) is 11.8 Å². The Hall–Kier alpha value is -2.14. The molecule has 0 bridgehead atoms. The summed E-state index contributed by atoms with van der Waals surface area (Å²) in [5.74, 6) is 0.145. The van der Waals surface area contributed by atoms with Gasteiger partial charge in [0.05, 0.1) is 15.9 Å². The third-order valence-corrected chi connectivity index (χ3v) is 5.66. The summed E-state index contributed by atoms with van der Waals surface area (Å²) in [7, 11) is 0. The van der Waals surface area contributed by atoms with Gasteiger partial charge in [0.25, 0.3) is 5.91 Å². The maximum atomic E-state index is 12.7. The van der Waals surface area contributed by atoms with E-state index in [2.05, 4.69) is 48.7 Å². The number of nitrogens with one attached hydrogen (secondary N) is 2. The first kappa shape index (κ1) is 17.7. The van der Waals surface area contributed by atoms with Crippen LogP contribution >= 0.6 is 11.3 Å². The molecule has 2 amide bonds. The molecule has 1 heterocycles. The highest BCUT2D eigenvalue weighted by Gasteiger charge is 2.30. The summed E-state index contributed by atoms with van der Waals surface area (Å²) in [5.41, 5.74) is 3.21. The summed E-state index contributed by atoms with van der Waals surface area (Å²) < 4.78 is 0. The molecule has 3 rings (SSSR count). The Balaban J connectivity index is 1.70. The standard InChI is InChI=1S/C20H24N2O2S/c1-4-16(14-7-5-12(2)6-8-14)21-20(24)18-13(3)11-17(25-18)22-19(23)15-9-10-15/h5-8,11,15-16H,4,9-10H2,1-3H3,(H,21,24)(H,22,23)/t16-/m1/s1. The molecule has 0 unspecified atom stereocenters. The Morgan fingerprint density at radius 1 is 1.20 bits per heavy atom. The molecule has 1 atom stereocenters. The van der Waals surface area contributed by atoms with E-state index >= 15 is 0 Å². The van der Waals surface area contributed by atoms with Gasteiger partial charge in [0, 0.05) is 5.92 Å². The lowest BCUT2D eigenvalue weighted by atomic mass is 10.0. The first-order chi connectivity index (χ1) is 12.0. The van der Waals surface area contributed by atoms with Crippen LogP contribution in [0, 0.1) is 19.8 Å². The minimum atomic E-state index is -0.0816. The van der Waals surface area contributed by atoms with Gasteiger partial charge in [-0.25, -0.2) is 0 Å². The lowest BCUT2D eigenvalue weighted by molar-refractivity contribution is -0.117. The third-order valence-electron chi connectivity index (χ3n) is 4.51. The van der Waals surface area contributed by atoms with Crippen LogP contribution in [0.5, 0.6) is 0 Å². The monoisotopic (exact) mass is 356 g/mol. The van der Waals surface area contributed by atoms with Crippen LogP contribution in [0.4, 0.5) is 5.00 Å². The van der Waals surface area contributed by atoms with Gasteiger partial charge in [-0.15, -0.1) is 11.3 Å². The average molecular weight is 356 g/mol. The number of rotatable bonds is 6. The first-order valence-electron chi connectivity index (χ1n) is 8.76. The molecule has 132 valence electrons. The number of hydrogen-bond donors (Lipinski definition) is 2. The summed E-state index contributed by atoms with van der Waals surface area (Å²) in [6.45, 7) is 6.02. The second kappa shape index (κ2) is 7.40. The van der Waals surface area contributed by atoms with E-state index in [0.29, 0.717) is 4.88 Å². The Labute approximate surface area is 152 Å². The zero-order chi connectivity index (χ0) is 18.0. The van der Waals surface area contributed by atoms with Crippen molar-refractivity contribution in [3.63, 3.8) is 0 Å². The minimum Gasteiger partial charge on any atom is -0.345 e. The van der Waals surface area contributed by atoms with E-state index in [1.54, 1.807) is 0 Å². The van der Waals surface area contributed by atoms with Gasteiger partial charge < -0.3 is 10.6 Å². The highest BCUT2D eigenvalue weighted by Crippen LogP contribution is 2.33. The van der Waals surface area contributed by atoms with Crippen molar-refractivity contribution in [1.29, 1.82) is 0 Å². The molecule has 0 aliphatic heterocycles. The molecule has 1 aliphatic carbocycles. The fraction of sp³-hybridized carbons (Fsp3) is 0.400. The quantitative estimate of drug-likeness (QED) is 0.795.